The number of carbonyl (C=O) groups is 2. The number of carboxylic acids is 1. The van der Waals surface area contributed by atoms with E-state index in [-0.39, 0.29) is 19.0 Å². The number of unbranched alkanes of at least 4 members (excludes halogenated alkanes) is 6. The van der Waals surface area contributed by atoms with Crippen LogP contribution in [0.5, 0.6) is 0 Å². The van der Waals surface area contributed by atoms with E-state index < -0.39 is 5.97 Å². The predicted octanol–water partition coefficient (Wildman–Crippen LogP) is 3.22. The second kappa shape index (κ2) is 17.7. The van der Waals surface area contributed by atoms with Crippen molar-refractivity contribution in [3.63, 3.8) is 0 Å². The number of aliphatic hydroxyl groups excluding tert-OH is 1. The average Bonchev–Trinajstić information content (AvgIpc) is 2.57. The van der Waals surface area contributed by atoms with E-state index in [2.05, 4.69) is 11.8 Å². The van der Waals surface area contributed by atoms with Crippen LogP contribution >= 0.6 is 0 Å². The molecule has 0 amide bonds. The molecule has 148 valence electrons. The van der Waals surface area contributed by atoms with Gasteiger partial charge in [0.05, 0.1) is 13.2 Å². The third-order valence-corrected chi connectivity index (χ3v) is 4.15. The molecule has 0 fully saturated rings. The molecule has 0 bridgehead atoms. The van der Waals surface area contributed by atoms with Crippen LogP contribution in [0.2, 0.25) is 0 Å². The summed E-state index contributed by atoms with van der Waals surface area (Å²) in [6, 6.07) is 0. The number of rotatable bonds is 18. The lowest BCUT2D eigenvalue weighted by Crippen LogP contribution is -2.29. The lowest BCUT2D eigenvalue weighted by Gasteiger charge is -2.21. The molecule has 2 N–H and O–H groups in total. The quantitative estimate of drug-likeness (QED) is 0.289. The third-order valence-electron chi connectivity index (χ3n) is 4.15. The summed E-state index contributed by atoms with van der Waals surface area (Å²) < 4.78 is 5.19. The highest BCUT2D eigenvalue weighted by atomic mass is 16.5. The van der Waals surface area contributed by atoms with Crippen LogP contribution in [0.3, 0.4) is 0 Å². The van der Waals surface area contributed by atoms with Crippen LogP contribution < -0.4 is 0 Å². The Morgan fingerprint density at radius 3 is 2.20 bits per heavy atom. The van der Waals surface area contributed by atoms with Crippen molar-refractivity contribution in [2.24, 2.45) is 0 Å². The smallest absolute Gasteiger partial charge is 0.305 e. The molecule has 0 unspecified atom stereocenters. The zero-order chi connectivity index (χ0) is 18.8. The molecule has 0 aromatic carbocycles. The molecule has 0 heterocycles. The summed E-state index contributed by atoms with van der Waals surface area (Å²) >= 11 is 0. The van der Waals surface area contributed by atoms with Gasteiger partial charge in [-0.1, -0.05) is 39.0 Å². The number of carboxylic acid groups (broad SMARTS) is 1. The van der Waals surface area contributed by atoms with E-state index in [1.54, 1.807) is 0 Å². The Morgan fingerprint density at radius 1 is 0.840 bits per heavy atom. The van der Waals surface area contributed by atoms with Crippen molar-refractivity contribution in [3.8, 4) is 0 Å². The SMILES string of the molecule is CCCCCOC(=O)CCCN(CCO)CCCCCCCC(=O)O. The largest absolute Gasteiger partial charge is 0.481 e. The number of ether oxygens (including phenoxy) is 1. The fourth-order valence-electron chi connectivity index (χ4n) is 2.68. The summed E-state index contributed by atoms with van der Waals surface area (Å²) in [7, 11) is 0. The van der Waals surface area contributed by atoms with Gasteiger partial charge in [0.15, 0.2) is 0 Å². The van der Waals surface area contributed by atoms with Crippen LogP contribution in [0, 0.1) is 0 Å². The summed E-state index contributed by atoms with van der Waals surface area (Å²) in [5, 5.41) is 17.7. The summed E-state index contributed by atoms with van der Waals surface area (Å²) in [4.78, 5) is 24.2. The van der Waals surface area contributed by atoms with Gasteiger partial charge in [-0.05, 0) is 38.8 Å². The van der Waals surface area contributed by atoms with Gasteiger partial charge in [-0.15, -0.1) is 0 Å². The Balaban J connectivity index is 3.66. The van der Waals surface area contributed by atoms with Crippen LogP contribution in [0.1, 0.15) is 77.6 Å². The first kappa shape index (κ1) is 23.9. The molecule has 6 heteroatoms. The van der Waals surface area contributed by atoms with E-state index in [1.165, 1.54) is 0 Å². The standard InChI is InChI=1S/C19H37NO5/c1-2-3-9-17-25-19(24)12-10-14-20(15-16-21)13-8-6-4-5-7-11-18(22)23/h21H,2-17H2,1H3,(H,22,23). The number of carbonyl (C=O) groups excluding carboxylic acids is 1. The van der Waals surface area contributed by atoms with Crippen LogP contribution in [0.15, 0.2) is 0 Å². The molecule has 0 rings (SSSR count). The number of esters is 1. The van der Waals surface area contributed by atoms with Crippen molar-refractivity contribution in [2.45, 2.75) is 77.6 Å². The fraction of sp³-hybridized carbons (Fsp3) is 0.895. The topological polar surface area (TPSA) is 87.1 Å². The van der Waals surface area contributed by atoms with E-state index in [9.17, 15) is 9.59 Å². The second-order valence-corrected chi connectivity index (χ2v) is 6.51. The highest BCUT2D eigenvalue weighted by molar-refractivity contribution is 5.69. The summed E-state index contributed by atoms with van der Waals surface area (Å²) in [6.45, 7) is 5.10. The normalized spacial score (nSPS) is 11.0. The van der Waals surface area contributed by atoms with Gasteiger partial charge in [-0.3, -0.25) is 9.59 Å². The van der Waals surface area contributed by atoms with Crippen molar-refractivity contribution in [2.75, 3.05) is 32.8 Å². The molecule has 0 spiro atoms. The molecule has 0 atom stereocenters. The van der Waals surface area contributed by atoms with Crippen molar-refractivity contribution in [1.29, 1.82) is 0 Å². The molecule has 6 nitrogen and oxygen atoms in total. The lowest BCUT2D eigenvalue weighted by atomic mass is 10.1. The zero-order valence-corrected chi connectivity index (χ0v) is 15.9. The van der Waals surface area contributed by atoms with Gasteiger partial charge in [-0.25, -0.2) is 0 Å². The van der Waals surface area contributed by atoms with Crippen molar-refractivity contribution < 1.29 is 24.5 Å². The number of aliphatic carboxylic acids is 1. The van der Waals surface area contributed by atoms with Crippen molar-refractivity contribution in [1.82, 2.24) is 4.90 Å². The molecule has 0 saturated carbocycles. The molecule has 0 radical (unpaired) electrons. The first-order valence-corrected chi connectivity index (χ1v) is 9.80. The minimum Gasteiger partial charge on any atom is -0.481 e. The Hall–Kier alpha value is -1.14. The number of aliphatic hydroxyl groups is 1. The molecular weight excluding hydrogens is 322 g/mol. The van der Waals surface area contributed by atoms with E-state index in [0.29, 0.717) is 19.6 Å². The van der Waals surface area contributed by atoms with Gasteiger partial charge >= 0.3 is 11.9 Å². The molecule has 0 aromatic heterocycles. The summed E-state index contributed by atoms with van der Waals surface area (Å²) in [5.41, 5.74) is 0. The van der Waals surface area contributed by atoms with E-state index in [1.807, 2.05) is 0 Å². The minimum absolute atomic E-state index is 0.125. The Morgan fingerprint density at radius 2 is 1.52 bits per heavy atom. The lowest BCUT2D eigenvalue weighted by molar-refractivity contribution is -0.144. The Bertz CT molecular complexity index is 336. The van der Waals surface area contributed by atoms with Crippen LogP contribution in [-0.2, 0) is 14.3 Å². The van der Waals surface area contributed by atoms with E-state index in [0.717, 1.165) is 70.9 Å². The molecular formula is C19H37NO5. The average molecular weight is 360 g/mol. The first-order valence-electron chi connectivity index (χ1n) is 9.80. The molecule has 25 heavy (non-hydrogen) atoms. The Labute approximate surface area is 152 Å². The van der Waals surface area contributed by atoms with Crippen molar-refractivity contribution >= 4 is 11.9 Å². The maximum absolute atomic E-state index is 11.6. The van der Waals surface area contributed by atoms with Crippen molar-refractivity contribution in [3.05, 3.63) is 0 Å². The third kappa shape index (κ3) is 17.5. The monoisotopic (exact) mass is 359 g/mol. The highest BCUT2D eigenvalue weighted by Gasteiger charge is 2.07. The van der Waals surface area contributed by atoms with Gasteiger partial charge < -0.3 is 19.8 Å². The molecule has 0 saturated heterocycles. The van der Waals surface area contributed by atoms with Crippen LogP contribution in [0.4, 0.5) is 0 Å². The summed E-state index contributed by atoms with van der Waals surface area (Å²) in [5.74, 6) is -0.850. The van der Waals surface area contributed by atoms with Crippen LogP contribution in [0.25, 0.3) is 0 Å². The molecule has 0 aromatic rings. The highest BCUT2D eigenvalue weighted by Crippen LogP contribution is 2.07. The van der Waals surface area contributed by atoms with E-state index >= 15 is 0 Å². The minimum atomic E-state index is -0.724. The number of hydrogen-bond acceptors (Lipinski definition) is 5. The van der Waals surface area contributed by atoms with Gasteiger partial charge in [0.1, 0.15) is 0 Å². The fourth-order valence-corrected chi connectivity index (χ4v) is 2.68. The number of hydrogen-bond donors (Lipinski definition) is 2. The predicted molar refractivity (Wildman–Crippen MR) is 98.6 cm³/mol. The molecule has 0 aliphatic rings. The first-order chi connectivity index (χ1) is 12.1. The summed E-state index contributed by atoms with van der Waals surface area (Å²) in [6.07, 6.45) is 9.44. The second-order valence-electron chi connectivity index (χ2n) is 6.51. The van der Waals surface area contributed by atoms with Gasteiger partial charge in [-0.2, -0.15) is 0 Å². The number of nitrogens with zero attached hydrogens (tertiary/aromatic N) is 1. The van der Waals surface area contributed by atoms with Gasteiger partial charge in [0, 0.05) is 19.4 Å². The van der Waals surface area contributed by atoms with E-state index in [4.69, 9.17) is 14.9 Å². The van der Waals surface area contributed by atoms with Gasteiger partial charge in [0.25, 0.3) is 0 Å². The van der Waals surface area contributed by atoms with Crippen LogP contribution in [-0.4, -0.2) is 59.9 Å². The zero-order valence-electron chi connectivity index (χ0n) is 15.9. The molecule has 0 aliphatic heterocycles. The maximum atomic E-state index is 11.6. The van der Waals surface area contributed by atoms with Gasteiger partial charge in [0.2, 0.25) is 0 Å². The molecule has 0 aliphatic carbocycles. The maximum Gasteiger partial charge on any atom is 0.305 e. The Kier molecular flexibility index (Phi) is 16.9.